The molecular weight excluding hydrogens is 320 g/mol. The van der Waals surface area contributed by atoms with Gasteiger partial charge in [-0.1, -0.05) is 44.2 Å². The molecule has 0 spiro atoms. The van der Waals surface area contributed by atoms with E-state index in [1.54, 1.807) is 13.8 Å². The van der Waals surface area contributed by atoms with E-state index in [0.717, 1.165) is 5.56 Å². The standard InChI is InChI=1S/C16H24N2O4.ClH/c1-10(2)9-16(18,15(21)22)14(20)13(19)12(17)8-11-6-4-3-5-7-11;/h3-7,10,12-13,19H,8-9,17-18H2,1-2H3,(H,21,22);1H/p-1/t12-,13+,16-;/m1./s1. The van der Waals surface area contributed by atoms with Crippen LogP contribution in [-0.4, -0.2) is 39.7 Å². The van der Waals surface area contributed by atoms with E-state index in [0.29, 0.717) is 0 Å². The van der Waals surface area contributed by atoms with Crippen LogP contribution in [0.3, 0.4) is 0 Å². The van der Waals surface area contributed by atoms with Crippen molar-refractivity contribution in [3.05, 3.63) is 35.9 Å². The topological polar surface area (TPSA) is 127 Å². The van der Waals surface area contributed by atoms with Crippen LogP contribution in [0.15, 0.2) is 30.3 Å². The molecule has 0 saturated heterocycles. The number of aliphatic hydroxyl groups excluding tert-OH is 1. The summed E-state index contributed by atoms with van der Waals surface area (Å²) in [7, 11) is 0. The number of carbonyl (C=O) groups excluding carboxylic acids is 1. The quantitative estimate of drug-likeness (QED) is 0.381. The van der Waals surface area contributed by atoms with Crippen LogP contribution in [0.2, 0.25) is 0 Å². The number of carbonyl (C=O) groups is 2. The maximum absolute atomic E-state index is 12.3. The monoisotopic (exact) mass is 343 g/mol. The molecule has 130 valence electrons. The maximum atomic E-state index is 12.3. The third kappa shape index (κ3) is 5.58. The summed E-state index contributed by atoms with van der Waals surface area (Å²) in [5, 5.41) is 19.4. The number of hydrogen-bond acceptors (Lipinski definition) is 5. The van der Waals surface area contributed by atoms with Gasteiger partial charge < -0.3 is 34.1 Å². The number of halogens is 1. The predicted molar refractivity (Wildman–Crippen MR) is 83.1 cm³/mol. The van der Waals surface area contributed by atoms with E-state index in [-0.39, 0.29) is 31.2 Å². The summed E-state index contributed by atoms with van der Waals surface area (Å²) in [6.07, 6.45) is -1.43. The third-order valence-electron chi connectivity index (χ3n) is 3.54. The average molecular weight is 344 g/mol. The van der Waals surface area contributed by atoms with E-state index in [4.69, 9.17) is 11.5 Å². The lowest BCUT2D eigenvalue weighted by atomic mass is 9.81. The van der Waals surface area contributed by atoms with E-state index < -0.39 is 29.4 Å². The van der Waals surface area contributed by atoms with E-state index in [1.807, 2.05) is 30.3 Å². The fraction of sp³-hybridized carbons (Fsp3) is 0.500. The number of aliphatic carboxylic acids is 1. The molecule has 0 unspecified atom stereocenters. The minimum absolute atomic E-state index is 0. The number of carboxylic acids is 1. The van der Waals surface area contributed by atoms with Crippen LogP contribution in [-0.2, 0) is 16.0 Å². The lowest BCUT2D eigenvalue weighted by Gasteiger charge is -2.29. The zero-order valence-electron chi connectivity index (χ0n) is 13.3. The first-order chi connectivity index (χ1) is 10.2. The molecule has 0 bridgehead atoms. The van der Waals surface area contributed by atoms with Gasteiger partial charge in [0.2, 0.25) is 0 Å². The second-order valence-electron chi connectivity index (χ2n) is 6.04. The normalized spacial score (nSPS) is 16.1. The Morgan fingerprint density at radius 2 is 1.74 bits per heavy atom. The Labute approximate surface area is 142 Å². The van der Waals surface area contributed by atoms with Gasteiger partial charge in [-0.05, 0) is 24.3 Å². The average Bonchev–Trinajstić information content (AvgIpc) is 2.45. The number of ketones is 1. The number of aliphatic hydroxyl groups is 1. The van der Waals surface area contributed by atoms with Crippen LogP contribution in [0.5, 0.6) is 0 Å². The van der Waals surface area contributed by atoms with Crippen molar-refractivity contribution in [3.63, 3.8) is 0 Å². The van der Waals surface area contributed by atoms with Gasteiger partial charge in [-0.25, -0.2) is 4.79 Å². The zero-order valence-corrected chi connectivity index (χ0v) is 14.0. The Kier molecular flexibility index (Phi) is 8.41. The third-order valence-corrected chi connectivity index (χ3v) is 3.54. The molecule has 0 heterocycles. The minimum Gasteiger partial charge on any atom is -1.00 e. The van der Waals surface area contributed by atoms with Gasteiger partial charge in [-0.3, -0.25) is 4.79 Å². The number of benzene rings is 1. The van der Waals surface area contributed by atoms with Crippen LogP contribution in [0, 0.1) is 5.92 Å². The molecule has 0 aliphatic carbocycles. The summed E-state index contributed by atoms with van der Waals surface area (Å²) in [6.45, 7) is 3.52. The van der Waals surface area contributed by atoms with Gasteiger partial charge in [0.1, 0.15) is 6.10 Å². The molecule has 0 radical (unpaired) electrons. The van der Waals surface area contributed by atoms with E-state index in [1.165, 1.54) is 0 Å². The molecule has 3 atom stereocenters. The molecule has 7 heteroatoms. The highest BCUT2D eigenvalue weighted by Gasteiger charge is 2.46. The van der Waals surface area contributed by atoms with E-state index in [2.05, 4.69) is 0 Å². The molecule has 0 aromatic heterocycles. The molecule has 0 fully saturated rings. The van der Waals surface area contributed by atoms with Gasteiger partial charge in [-0.15, -0.1) is 0 Å². The summed E-state index contributed by atoms with van der Waals surface area (Å²) >= 11 is 0. The van der Waals surface area contributed by atoms with Crippen molar-refractivity contribution in [1.29, 1.82) is 0 Å². The van der Waals surface area contributed by atoms with Gasteiger partial charge >= 0.3 is 5.97 Å². The molecule has 6 nitrogen and oxygen atoms in total. The summed E-state index contributed by atoms with van der Waals surface area (Å²) < 4.78 is 0. The van der Waals surface area contributed by atoms with Crippen LogP contribution >= 0.6 is 0 Å². The van der Waals surface area contributed by atoms with Crippen LogP contribution in [0.1, 0.15) is 25.8 Å². The Hall–Kier alpha value is -1.47. The van der Waals surface area contributed by atoms with E-state index in [9.17, 15) is 19.8 Å². The Morgan fingerprint density at radius 3 is 2.17 bits per heavy atom. The molecular formula is C16H24ClN2O4-. The number of carboxylic acid groups (broad SMARTS) is 1. The Balaban J connectivity index is 0.00000484. The minimum atomic E-state index is -2.12. The number of nitrogens with two attached hydrogens (primary N) is 2. The summed E-state index contributed by atoms with van der Waals surface area (Å²) in [5.74, 6) is -2.50. The lowest BCUT2D eigenvalue weighted by molar-refractivity contribution is -0.152. The lowest BCUT2D eigenvalue weighted by Crippen LogP contribution is -3.00. The highest BCUT2D eigenvalue weighted by molar-refractivity contribution is 6.09. The highest BCUT2D eigenvalue weighted by Crippen LogP contribution is 2.19. The largest absolute Gasteiger partial charge is 1.00 e. The summed E-state index contributed by atoms with van der Waals surface area (Å²) in [4.78, 5) is 23.7. The first kappa shape index (κ1) is 21.5. The van der Waals surface area contributed by atoms with Gasteiger partial charge in [-0.2, -0.15) is 0 Å². The fourth-order valence-electron chi connectivity index (χ4n) is 2.39. The van der Waals surface area contributed by atoms with Crippen molar-refractivity contribution in [3.8, 4) is 0 Å². The molecule has 23 heavy (non-hydrogen) atoms. The molecule has 1 aromatic rings. The number of rotatable bonds is 8. The van der Waals surface area contributed by atoms with Gasteiger partial charge in [0.25, 0.3) is 0 Å². The van der Waals surface area contributed by atoms with Gasteiger partial charge in [0.15, 0.2) is 11.3 Å². The zero-order chi connectivity index (χ0) is 16.9. The molecule has 6 N–H and O–H groups in total. The summed E-state index contributed by atoms with van der Waals surface area (Å²) in [6, 6.07) is 8.20. The van der Waals surface area contributed by atoms with Crippen LogP contribution in [0.25, 0.3) is 0 Å². The maximum Gasteiger partial charge on any atom is 0.331 e. The first-order valence-corrected chi connectivity index (χ1v) is 7.22. The second kappa shape index (κ2) is 8.98. The summed E-state index contributed by atoms with van der Waals surface area (Å²) in [5.41, 5.74) is 10.3. The van der Waals surface area contributed by atoms with Crippen molar-refractivity contribution < 1.29 is 32.2 Å². The molecule has 0 aliphatic rings. The molecule has 0 amide bonds. The molecule has 1 aromatic carbocycles. The first-order valence-electron chi connectivity index (χ1n) is 7.22. The predicted octanol–water partition coefficient (Wildman–Crippen LogP) is -2.68. The van der Waals surface area contributed by atoms with Crippen molar-refractivity contribution in [2.24, 2.45) is 17.4 Å². The molecule has 1 rings (SSSR count). The van der Waals surface area contributed by atoms with Gasteiger partial charge in [0, 0.05) is 6.04 Å². The molecule has 0 aliphatic heterocycles. The second-order valence-corrected chi connectivity index (χ2v) is 6.04. The van der Waals surface area contributed by atoms with E-state index >= 15 is 0 Å². The van der Waals surface area contributed by atoms with Crippen LogP contribution < -0.4 is 23.9 Å². The highest BCUT2D eigenvalue weighted by atomic mass is 35.5. The number of hydrogen-bond donors (Lipinski definition) is 4. The smallest absolute Gasteiger partial charge is 0.331 e. The SMILES string of the molecule is CC(C)C[C@](N)(C(=O)O)C(=O)[C@@H](O)[C@H](N)Cc1ccccc1.[Cl-]. The Morgan fingerprint density at radius 1 is 1.22 bits per heavy atom. The van der Waals surface area contributed by atoms with Crippen molar-refractivity contribution in [2.45, 2.75) is 44.4 Å². The molecule has 0 saturated carbocycles. The van der Waals surface area contributed by atoms with Crippen LogP contribution in [0.4, 0.5) is 0 Å². The fourth-order valence-corrected chi connectivity index (χ4v) is 2.39. The van der Waals surface area contributed by atoms with Crippen molar-refractivity contribution in [2.75, 3.05) is 0 Å². The van der Waals surface area contributed by atoms with Crippen molar-refractivity contribution >= 4 is 11.8 Å². The number of Topliss-reactive ketones (excluding diaryl/α,β-unsaturated/α-hetero) is 1. The van der Waals surface area contributed by atoms with Crippen molar-refractivity contribution in [1.82, 2.24) is 0 Å². The van der Waals surface area contributed by atoms with Gasteiger partial charge in [0.05, 0.1) is 0 Å². The Bertz CT molecular complexity index is 524.